The van der Waals surface area contributed by atoms with Gasteiger partial charge in [-0.15, -0.1) is 0 Å². The Bertz CT molecular complexity index is 218. The van der Waals surface area contributed by atoms with Crippen LogP contribution >= 0.6 is 0 Å². The third-order valence-corrected chi connectivity index (χ3v) is 1.38. The molecule has 0 aliphatic carbocycles. The standard InChI is InChI=1S/C4H4N2O2S.Na/c7-9(8)4-1-2-5-6-3-4;/h1-3H,(H,7,8);/q;+1/p-1. The van der Waals surface area contributed by atoms with Crippen LogP contribution in [-0.4, -0.2) is 19.0 Å². The molecule has 0 saturated heterocycles. The molecule has 0 radical (unpaired) electrons. The molecule has 0 saturated carbocycles. The first-order valence-electron chi connectivity index (χ1n) is 2.16. The summed E-state index contributed by atoms with van der Waals surface area (Å²) in [7, 11) is 0. The Hall–Kier alpha value is 0.190. The van der Waals surface area contributed by atoms with E-state index in [-0.39, 0.29) is 34.5 Å². The molecule has 0 N–H and O–H groups in total. The van der Waals surface area contributed by atoms with Crippen LogP contribution < -0.4 is 29.6 Å². The fourth-order valence-electron chi connectivity index (χ4n) is 0.377. The van der Waals surface area contributed by atoms with Crippen LogP contribution in [0.1, 0.15) is 0 Å². The minimum absolute atomic E-state index is 0. The van der Waals surface area contributed by atoms with Gasteiger partial charge in [0.25, 0.3) is 0 Å². The summed E-state index contributed by atoms with van der Waals surface area (Å²) in [6, 6.07) is 1.37. The Morgan fingerprint density at radius 1 is 1.50 bits per heavy atom. The van der Waals surface area contributed by atoms with Crippen LogP contribution in [0.15, 0.2) is 23.4 Å². The predicted molar refractivity (Wildman–Crippen MR) is 29.2 cm³/mol. The number of nitrogens with zero attached hydrogens (tertiary/aromatic N) is 2. The van der Waals surface area contributed by atoms with Gasteiger partial charge in [0, 0.05) is 4.90 Å². The largest absolute Gasteiger partial charge is 1.00 e. The van der Waals surface area contributed by atoms with E-state index in [1.807, 2.05) is 0 Å². The van der Waals surface area contributed by atoms with Gasteiger partial charge >= 0.3 is 29.6 Å². The maximum Gasteiger partial charge on any atom is 1.00 e. The third kappa shape index (κ3) is 2.85. The van der Waals surface area contributed by atoms with Crippen molar-refractivity contribution in [2.24, 2.45) is 0 Å². The molecule has 10 heavy (non-hydrogen) atoms. The predicted octanol–water partition coefficient (Wildman–Crippen LogP) is -3.28. The van der Waals surface area contributed by atoms with Crippen LogP contribution in [0.4, 0.5) is 0 Å². The number of hydrogen-bond acceptors (Lipinski definition) is 4. The summed E-state index contributed by atoms with van der Waals surface area (Å²) >= 11 is -2.18. The quantitative estimate of drug-likeness (QED) is 0.324. The van der Waals surface area contributed by atoms with Gasteiger partial charge in [-0.1, -0.05) is 0 Å². The molecule has 1 aromatic heterocycles. The molecule has 0 fully saturated rings. The van der Waals surface area contributed by atoms with Gasteiger partial charge in [0.2, 0.25) is 0 Å². The first-order valence-corrected chi connectivity index (χ1v) is 3.24. The summed E-state index contributed by atoms with van der Waals surface area (Å²) in [5.74, 6) is 0. The van der Waals surface area contributed by atoms with Gasteiger partial charge in [-0.2, -0.15) is 10.2 Å². The molecule has 1 rings (SSSR count). The molecule has 1 unspecified atom stereocenters. The monoisotopic (exact) mass is 166 g/mol. The zero-order valence-corrected chi connectivity index (χ0v) is 8.17. The normalized spacial score (nSPS) is 11.7. The second-order valence-electron chi connectivity index (χ2n) is 1.31. The average molecular weight is 166 g/mol. The van der Waals surface area contributed by atoms with Crippen molar-refractivity contribution < 1.29 is 38.3 Å². The van der Waals surface area contributed by atoms with Crippen molar-refractivity contribution in [1.29, 1.82) is 0 Å². The molecule has 0 bridgehead atoms. The minimum Gasteiger partial charge on any atom is -0.768 e. The molecule has 0 aromatic carbocycles. The van der Waals surface area contributed by atoms with Crippen LogP contribution in [0, 0.1) is 0 Å². The van der Waals surface area contributed by atoms with E-state index >= 15 is 0 Å². The van der Waals surface area contributed by atoms with E-state index < -0.39 is 11.1 Å². The first kappa shape index (κ1) is 10.2. The molecule has 0 aliphatic rings. The summed E-state index contributed by atoms with van der Waals surface area (Å²) in [5.41, 5.74) is 0. The molecule has 4 nitrogen and oxygen atoms in total. The summed E-state index contributed by atoms with van der Waals surface area (Å²) in [6.45, 7) is 0. The molecule has 0 aliphatic heterocycles. The van der Waals surface area contributed by atoms with Crippen LogP contribution in [0.2, 0.25) is 0 Å². The van der Waals surface area contributed by atoms with E-state index in [2.05, 4.69) is 10.2 Å². The van der Waals surface area contributed by atoms with Crippen molar-refractivity contribution in [2.75, 3.05) is 0 Å². The van der Waals surface area contributed by atoms with Crippen LogP contribution in [0.25, 0.3) is 0 Å². The molecule has 48 valence electrons. The van der Waals surface area contributed by atoms with Crippen molar-refractivity contribution in [1.82, 2.24) is 10.2 Å². The first-order chi connectivity index (χ1) is 4.30. The van der Waals surface area contributed by atoms with Gasteiger partial charge in [0.15, 0.2) is 0 Å². The zero-order chi connectivity index (χ0) is 6.69. The smallest absolute Gasteiger partial charge is 0.768 e. The van der Waals surface area contributed by atoms with Crippen molar-refractivity contribution >= 4 is 11.1 Å². The van der Waals surface area contributed by atoms with Gasteiger partial charge in [0.1, 0.15) is 0 Å². The maximum absolute atomic E-state index is 10.1. The van der Waals surface area contributed by atoms with Crippen molar-refractivity contribution in [3.05, 3.63) is 18.5 Å². The fraction of sp³-hybridized carbons (Fsp3) is 0. The van der Waals surface area contributed by atoms with Gasteiger partial charge in [0.05, 0.1) is 12.4 Å². The number of aromatic nitrogens is 2. The Morgan fingerprint density at radius 2 is 2.20 bits per heavy atom. The molecule has 0 spiro atoms. The van der Waals surface area contributed by atoms with Crippen LogP contribution in [0.5, 0.6) is 0 Å². The van der Waals surface area contributed by atoms with Gasteiger partial charge in [-0.05, 0) is 17.1 Å². The number of rotatable bonds is 1. The van der Waals surface area contributed by atoms with Crippen molar-refractivity contribution in [2.45, 2.75) is 4.90 Å². The topological polar surface area (TPSA) is 65.9 Å². The Balaban J connectivity index is 0.000000810. The average Bonchev–Trinajstić information content (AvgIpc) is 1.90. The van der Waals surface area contributed by atoms with E-state index in [0.29, 0.717) is 0 Å². The molecular formula is C4H3N2NaO2S. The SMILES string of the molecule is O=S([O-])c1ccnnc1.[Na+]. The maximum atomic E-state index is 10.1. The summed E-state index contributed by atoms with van der Waals surface area (Å²) < 4.78 is 20.3. The fourth-order valence-corrected chi connectivity index (χ4v) is 0.682. The van der Waals surface area contributed by atoms with E-state index in [4.69, 9.17) is 0 Å². The van der Waals surface area contributed by atoms with Gasteiger partial charge in [-0.3, -0.25) is 4.21 Å². The Morgan fingerprint density at radius 3 is 2.50 bits per heavy atom. The third-order valence-electron chi connectivity index (χ3n) is 0.750. The summed E-state index contributed by atoms with van der Waals surface area (Å²) in [5, 5.41) is 6.77. The molecule has 1 atom stereocenters. The van der Waals surface area contributed by atoms with E-state index in [1.165, 1.54) is 18.5 Å². The zero-order valence-electron chi connectivity index (χ0n) is 5.35. The minimum atomic E-state index is -2.18. The van der Waals surface area contributed by atoms with Crippen LogP contribution in [-0.2, 0) is 11.1 Å². The summed E-state index contributed by atoms with van der Waals surface area (Å²) in [4.78, 5) is 0.157. The Kier molecular flexibility index (Phi) is 5.02. The molecule has 1 aromatic rings. The molecule has 6 heteroatoms. The van der Waals surface area contributed by atoms with E-state index in [1.54, 1.807) is 0 Å². The molecular weight excluding hydrogens is 163 g/mol. The van der Waals surface area contributed by atoms with Crippen LogP contribution in [0.3, 0.4) is 0 Å². The van der Waals surface area contributed by atoms with Gasteiger partial charge < -0.3 is 4.55 Å². The van der Waals surface area contributed by atoms with Crippen molar-refractivity contribution in [3.63, 3.8) is 0 Å². The van der Waals surface area contributed by atoms with Crippen molar-refractivity contribution in [3.8, 4) is 0 Å². The summed E-state index contributed by atoms with van der Waals surface area (Å²) in [6.07, 6.45) is 2.51. The van der Waals surface area contributed by atoms with E-state index in [9.17, 15) is 8.76 Å². The van der Waals surface area contributed by atoms with E-state index in [0.717, 1.165) is 0 Å². The number of hydrogen-bond donors (Lipinski definition) is 0. The molecule has 1 heterocycles. The second kappa shape index (κ2) is 4.92. The second-order valence-corrected chi connectivity index (χ2v) is 2.25. The van der Waals surface area contributed by atoms with Gasteiger partial charge in [-0.25, -0.2) is 0 Å². The Labute approximate surface area is 82.6 Å². The molecule has 0 amide bonds.